The number of nitriles is 1. The highest BCUT2D eigenvalue weighted by Gasteiger charge is 2.06. The Morgan fingerprint density at radius 3 is 2.15 bits per heavy atom. The molecule has 0 fully saturated rings. The molecule has 0 atom stereocenters. The van der Waals surface area contributed by atoms with E-state index in [9.17, 15) is 0 Å². The van der Waals surface area contributed by atoms with E-state index in [4.69, 9.17) is 19.5 Å². The van der Waals surface area contributed by atoms with Crippen LogP contribution in [0.3, 0.4) is 0 Å². The summed E-state index contributed by atoms with van der Waals surface area (Å²) in [6, 6.07) is 25.4. The van der Waals surface area contributed by atoms with Gasteiger partial charge in [0.25, 0.3) is 0 Å². The molecule has 0 radical (unpaired) electrons. The zero-order chi connectivity index (χ0) is 18.9. The van der Waals surface area contributed by atoms with E-state index in [-0.39, 0.29) is 0 Å². The van der Waals surface area contributed by atoms with E-state index in [1.54, 1.807) is 18.2 Å². The summed E-state index contributed by atoms with van der Waals surface area (Å²) in [5, 5.41) is 8.99. The van der Waals surface area contributed by atoms with Gasteiger partial charge in [0.2, 0.25) is 0 Å². The summed E-state index contributed by atoms with van der Waals surface area (Å²) >= 11 is 0. The number of ether oxygens (including phenoxy) is 3. The minimum absolute atomic E-state index is 0.381. The molecule has 0 saturated carbocycles. The van der Waals surface area contributed by atoms with Gasteiger partial charge >= 0.3 is 0 Å². The van der Waals surface area contributed by atoms with E-state index in [2.05, 4.69) is 18.2 Å². The molecule has 0 bridgehead atoms. The molecule has 3 aromatic rings. The maximum absolute atomic E-state index is 8.99. The van der Waals surface area contributed by atoms with Crippen LogP contribution in [-0.2, 0) is 0 Å². The molecule has 0 aliphatic heterocycles. The standard InChI is InChI=1S/C23H21NO3/c1-2-25-23-16-18(17-24)8-13-22(23)27-15-14-26-21-11-9-20(10-12-21)19-6-4-3-5-7-19/h3-13,16H,2,14-15H2,1H3. The topological polar surface area (TPSA) is 51.5 Å². The number of hydrogen-bond donors (Lipinski definition) is 0. The van der Waals surface area contributed by atoms with Crippen LogP contribution in [0.5, 0.6) is 17.2 Å². The van der Waals surface area contributed by atoms with Gasteiger partial charge in [-0.05, 0) is 42.3 Å². The first-order chi connectivity index (χ1) is 13.3. The summed E-state index contributed by atoms with van der Waals surface area (Å²) in [6.45, 7) is 3.20. The smallest absolute Gasteiger partial charge is 0.162 e. The largest absolute Gasteiger partial charge is 0.490 e. The highest BCUT2D eigenvalue weighted by atomic mass is 16.5. The van der Waals surface area contributed by atoms with Crippen molar-refractivity contribution in [1.82, 2.24) is 0 Å². The van der Waals surface area contributed by atoms with Gasteiger partial charge in [0.1, 0.15) is 19.0 Å². The molecule has 0 aromatic heterocycles. The second kappa shape index (κ2) is 9.30. The summed E-state index contributed by atoms with van der Waals surface area (Å²) < 4.78 is 17.0. The molecule has 27 heavy (non-hydrogen) atoms. The Morgan fingerprint density at radius 2 is 1.44 bits per heavy atom. The van der Waals surface area contributed by atoms with Crippen LogP contribution in [0.15, 0.2) is 72.8 Å². The fraction of sp³-hybridized carbons (Fsp3) is 0.174. The molecule has 0 spiro atoms. The van der Waals surface area contributed by atoms with Crippen molar-refractivity contribution in [2.24, 2.45) is 0 Å². The first kappa shape index (κ1) is 18.3. The first-order valence-corrected chi connectivity index (χ1v) is 8.88. The van der Waals surface area contributed by atoms with Crippen molar-refractivity contribution in [3.63, 3.8) is 0 Å². The fourth-order valence-corrected chi connectivity index (χ4v) is 2.65. The van der Waals surface area contributed by atoms with Gasteiger partial charge in [-0.2, -0.15) is 5.26 Å². The molecule has 0 aliphatic rings. The lowest BCUT2D eigenvalue weighted by molar-refractivity contribution is 0.208. The van der Waals surface area contributed by atoms with Gasteiger partial charge in [-0.15, -0.1) is 0 Å². The zero-order valence-corrected chi connectivity index (χ0v) is 15.2. The van der Waals surface area contributed by atoms with E-state index >= 15 is 0 Å². The maximum atomic E-state index is 8.99. The van der Waals surface area contributed by atoms with Crippen molar-refractivity contribution in [2.45, 2.75) is 6.92 Å². The Kier molecular flexibility index (Phi) is 6.32. The molecule has 0 amide bonds. The lowest BCUT2D eigenvalue weighted by atomic mass is 10.1. The molecule has 136 valence electrons. The van der Waals surface area contributed by atoms with Gasteiger partial charge in [0.05, 0.1) is 18.2 Å². The van der Waals surface area contributed by atoms with Gasteiger partial charge in [-0.1, -0.05) is 42.5 Å². The van der Waals surface area contributed by atoms with Crippen molar-refractivity contribution >= 4 is 0 Å². The van der Waals surface area contributed by atoms with Crippen LogP contribution < -0.4 is 14.2 Å². The average molecular weight is 359 g/mol. The molecule has 4 nitrogen and oxygen atoms in total. The minimum atomic E-state index is 0.381. The van der Waals surface area contributed by atoms with Gasteiger partial charge in [-0.25, -0.2) is 0 Å². The summed E-state index contributed by atoms with van der Waals surface area (Å²) in [7, 11) is 0. The molecule has 3 rings (SSSR count). The number of hydrogen-bond acceptors (Lipinski definition) is 4. The van der Waals surface area contributed by atoms with Crippen molar-refractivity contribution in [3.8, 4) is 34.4 Å². The Bertz CT molecular complexity index is 899. The molecular formula is C23H21NO3. The Labute approximate surface area is 159 Å². The molecular weight excluding hydrogens is 338 g/mol. The lowest BCUT2D eigenvalue weighted by Crippen LogP contribution is -2.10. The normalized spacial score (nSPS) is 10.1. The van der Waals surface area contributed by atoms with Crippen LogP contribution in [0.2, 0.25) is 0 Å². The van der Waals surface area contributed by atoms with E-state index < -0.39 is 0 Å². The molecule has 0 N–H and O–H groups in total. The molecule has 0 heterocycles. The predicted molar refractivity (Wildman–Crippen MR) is 105 cm³/mol. The third kappa shape index (κ3) is 5.02. The molecule has 0 unspecified atom stereocenters. The quantitative estimate of drug-likeness (QED) is 0.526. The Morgan fingerprint density at radius 1 is 0.741 bits per heavy atom. The highest BCUT2D eigenvalue weighted by Crippen LogP contribution is 2.28. The monoisotopic (exact) mass is 359 g/mol. The summed E-state index contributed by atoms with van der Waals surface area (Å²) in [6.07, 6.45) is 0. The fourth-order valence-electron chi connectivity index (χ4n) is 2.65. The Balaban J connectivity index is 1.53. The molecule has 4 heteroatoms. The second-order valence-corrected chi connectivity index (χ2v) is 5.79. The maximum Gasteiger partial charge on any atom is 0.162 e. The number of rotatable bonds is 8. The third-order valence-electron chi connectivity index (χ3n) is 3.94. The van der Waals surface area contributed by atoms with E-state index in [0.29, 0.717) is 36.9 Å². The molecule has 3 aromatic carbocycles. The summed E-state index contributed by atoms with van der Waals surface area (Å²) in [5.41, 5.74) is 2.87. The van der Waals surface area contributed by atoms with Gasteiger partial charge in [0.15, 0.2) is 11.5 Å². The lowest BCUT2D eigenvalue weighted by Gasteiger charge is -2.13. The van der Waals surface area contributed by atoms with Crippen LogP contribution >= 0.6 is 0 Å². The minimum Gasteiger partial charge on any atom is -0.490 e. The van der Waals surface area contributed by atoms with E-state index in [1.165, 1.54) is 5.56 Å². The third-order valence-corrected chi connectivity index (χ3v) is 3.94. The molecule has 0 aliphatic carbocycles. The van der Waals surface area contributed by atoms with Gasteiger partial charge in [0, 0.05) is 6.07 Å². The Hall–Kier alpha value is -3.45. The van der Waals surface area contributed by atoms with Crippen LogP contribution in [-0.4, -0.2) is 19.8 Å². The van der Waals surface area contributed by atoms with Crippen molar-refractivity contribution in [2.75, 3.05) is 19.8 Å². The second-order valence-electron chi connectivity index (χ2n) is 5.79. The SMILES string of the molecule is CCOc1cc(C#N)ccc1OCCOc1ccc(-c2ccccc2)cc1. The van der Waals surface area contributed by atoms with Crippen LogP contribution in [0.1, 0.15) is 12.5 Å². The number of benzene rings is 3. The van der Waals surface area contributed by atoms with Crippen molar-refractivity contribution in [3.05, 3.63) is 78.4 Å². The molecule has 0 saturated heterocycles. The average Bonchev–Trinajstić information content (AvgIpc) is 2.73. The van der Waals surface area contributed by atoms with Crippen LogP contribution in [0.25, 0.3) is 11.1 Å². The van der Waals surface area contributed by atoms with Crippen molar-refractivity contribution in [1.29, 1.82) is 5.26 Å². The van der Waals surface area contributed by atoms with Crippen LogP contribution in [0, 0.1) is 11.3 Å². The summed E-state index contributed by atoms with van der Waals surface area (Å²) in [4.78, 5) is 0. The van der Waals surface area contributed by atoms with Crippen LogP contribution in [0.4, 0.5) is 0 Å². The van der Waals surface area contributed by atoms with E-state index in [1.807, 2.05) is 49.4 Å². The summed E-state index contributed by atoms with van der Waals surface area (Å²) in [5.74, 6) is 1.98. The van der Waals surface area contributed by atoms with Gasteiger partial charge in [-0.3, -0.25) is 0 Å². The van der Waals surface area contributed by atoms with Gasteiger partial charge < -0.3 is 14.2 Å². The first-order valence-electron chi connectivity index (χ1n) is 8.88. The highest BCUT2D eigenvalue weighted by molar-refractivity contribution is 5.63. The van der Waals surface area contributed by atoms with E-state index in [0.717, 1.165) is 11.3 Å². The predicted octanol–water partition coefficient (Wildman–Crippen LogP) is 5.08. The number of nitrogens with zero attached hydrogens (tertiary/aromatic N) is 1. The zero-order valence-electron chi connectivity index (χ0n) is 15.2. The van der Waals surface area contributed by atoms with Crippen molar-refractivity contribution < 1.29 is 14.2 Å².